The van der Waals surface area contributed by atoms with Crippen LogP contribution in [0.1, 0.15) is 71.0 Å². The molecule has 4 heteroatoms. The summed E-state index contributed by atoms with van der Waals surface area (Å²) in [5.41, 5.74) is 4.95. The summed E-state index contributed by atoms with van der Waals surface area (Å²) in [6.45, 7) is 4.43. The molecule has 31 heavy (non-hydrogen) atoms. The number of piperidine rings is 1. The highest BCUT2D eigenvalue weighted by Gasteiger charge is 2.38. The maximum Gasteiger partial charge on any atom is 0.337 e. The monoisotopic (exact) mass is 418 g/mol. The molecule has 0 spiro atoms. The molecule has 2 aromatic carbocycles. The predicted octanol–water partition coefficient (Wildman–Crippen LogP) is 4.71. The van der Waals surface area contributed by atoms with Crippen LogP contribution in [0.4, 0.5) is 0 Å². The lowest BCUT2D eigenvalue weighted by Crippen LogP contribution is -2.37. The van der Waals surface area contributed by atoms with Crippen LogP contribution in [0, 0.1) is 5.92 Å². The zero-order chi connectivity index (χ0) is 21.2. The van der Waals surface area contributed by atoms with Crippen molar-refractivity contribution in [3.63, 3.8) is 0 Å². The number of benzene rings is 2. The van der Waals surface area contributed by atoms with Gasteiger partial charge in [-0.05, 0) is 92.4 Å². The smallest absolute Gasteiger partial charge is 0.337 e. The highest BCUT2D eigenvalue weighted by Crippen LogP contribution is 2.44. The highest BCUT2D eigenvalue weighted by molar-refractivity contribution is 5.89. The third kappa shape index (κ3) is 5.19. The number of ether oxygens (including phenoxy) is 1. The number of nitrogens with one attached hydrogen (secondary N) is 1. The molecule has 3 aliphatic rings. The van der Waals surface area contributed by atoms with Crippen molar-refractivity contribution in [1.82, 2.24) is 10.2 Å². The van der Waals surface area contributed by atoms with Gasteiger partial charge in [0.15, 0.2) is 0 Å². The minimum atomic E-state index is -0.270. The molecule has 164 valence electrons. The molecule has 2 unspecified atom stereocenters. The van der Waals surface area contributed by atoms with Crippen molar-refractivity contribution in [2.75, 3.05) is 26.7 Å². The lowest BCUT2D eigenvalue weighted by Gasteiger charge is -2.32. The standard InChI is InChI=1S/C27H34N2O2/c1-31-27(30)24-4-2-20(3-5-24)18-29-14-12-19(13-15-29)17-28-26-16-25(26)23-10-8-22(9-11-23)21-6-7-21/h2-5,8-11,19,21,25-26,28H,6-7,12-18H2,1H3. The first-order valence-corrected chi connectivity index (χ1v) is 11.9. The van der Waals surface area contributed by atoms with Crippen molar-refractivity contribution < 1.29 is 9.53 Å². The van der Waals surface area contributed by atoms with Crippen molar-refractivity contribution in [2.45, 2.75) is 56.5 Å². The SMILES string of the molecule is COC(=O)c1ccc(CN2CCC(CNC3CC3c3ccc(C4CC4)cc3)CC2)cc1. The van der Waals surface area contributed by atoms with E-state index in [0.29, 0.717) is 11.6 Å². The van der Waals surface area contributed by atoms with Crippen LogP contribution in [0.3, 0.4) is 0 Å². The summed E-state index contributed by atoms with van der Waals surface area (Å²) in [7, 11) is 1.42. The quantitative estimate of drug-likeness (QED) is 0.631. The first-order chi connectivity index (χ1) is 15.2. The lowest BCUT2D eigenvalue weighted by atomic mass is 9.96. The van der Waals surface area contributed by atoms with Gasteiger partial charge in [-0.1, -0.05) is 36.4 Å². The Kier molecular flexibility index (Phi) is 6.10. The summed E-state index contributed by atoms with van der Waals surface area (Å²) in [4.78, 5) is 14.1. The van der Waals surface area contributed by atoms with E-state index in [1.165, 1.54) is 50.3 Å². The molecule has 1 N–H and O–H groups in total. The van der Waals surface area contributed by atoms with Gasteiger partial charge in [0.2, 0.25) is 0 Å². The molecule has 0 radical (unpaired) electrons. The molecule has 2 aliphatic carbocycles. The van der Waals surface area contributed by atoms with E-state index in [9.17, 15) is 4.79 Å². The zero-order valence-electron chi connectivity index (χ0n) is 18.6. The molecule has 3 fully saturated rings. The number of esters is 1. The van der Waals surface area contributed by atoms with Gasteiger partial charge in [0, 0.05) is 18.5 Å². The minimum Gasteiger partial charge on any atom is -0.465 e. The maximum absolute atomic E-state index is 11.6. The van der Waals surface area contributed by atoms with Gasteiger partial charge in [-0.15, -0.1) is 0 Å². The van der Waals surface area contributed by atoms with E-state index in [1.54, 1.807) is 5.56 Å². The van der Waals surface area contributed by atoms with E-state index < -0.39 is 0 Å². The van der Waals surface area contributed by atoms with Gasteiger partial charge in [-0.2, -0.15) is 0 Å². The van der Waals surface area contributed by atoms with E-state index in [2.05, 4.69) is 34.5 Å². The zero-order valence-corrected chi connectivity index (χ0v) is 18.6. The molecule has 5 rings (SSSR count). The molecule has 1 saturated heterocycles. The molecular formula is C27H34N2O2. The number of hydrogen-bond donors (Lipinski definition) is 1. The van der Waals surface area contributed by atoms with Crippen LogP contribution >= 0.6 is 0 Å². The average molecular weight is 419 g/mol. The second-order valence-electron chi connectivity index (χ2n) is 9.71. The van der Waals surface area contributed by atoms with Crippen molar-refractivity contribution in [2.24, 2.45) is 5.92 Å². The number of hydrogen-bond acceptors (Lipinski definition) is 4. The number of rotatable bonds is 8. The second kappa shape index (κ2) is 9.13. The maximum atomic E-state index is 11.6. The van der Waals surface area contributed by atoms with E-state index in [4.69, 9.17) is 4.74 Å². The lowest BCUT2D eigenvalue weighted by molar-refractivity contribution is 0.0600. The van der Waals surface area contributed by atoms with Gasteiger partial charge in [-0.3, -0.25) is 4.90 Å². The van der Waals surface area contributed by atoms with Crippen LogP contribution in [0.5, 0.6) is 0 Å². The van der Waals surface area contributed by atoms with Crippen LogP contribution < -0.4 is 5.32 Å². The summed E-state index contributed by atoms with van der Waals surface area (Å²) >= 11 is 0. The van der Waals surface area contributed by atoms with Crippen molar-refractivity contribution >= 4 is 5.97 Å². The summed E-state index contributed by atoms with van der Waals surface area (Å²) in [5, 5.41) is 3.85. The average Bonchev–Trinajstić information content (AvgIpc) is 3.73. The molecule has 2 saturated carbocycles. The third-order valence-corrected chi connectivity index (χ3v) is 7.36. The molecule has 0 amide bonds. The molecule has 4 nitrogen and oxygen atoms in total. The minimum absolute atomic E-state index is 0.270. The summed E-state index contributed by atoms with van der Waals surface area (Å²) in [6.07, 6.45) is 6.59. The molecule has 2 atom stereocenters. The van der Waals surface area contributed by atoms with E-state index in [1.807, 2.05) is 24.3 Å². The van der Waals surface area contributed by atoms with Gasteiger partial charge < -0.3 is 10.1 Å². The predicted molar refractivity (Wildman–Crippen MR) is 123 cm³/mol. The Hall–Kier alpha value is -2.17. The fraction of sp³-hybridized carbons (Fsp3) is 0.519. The third-order valence-electron chi connectivity index (χ3n) is 7.36. The molecule has 2 aromatic rings. The van der Waals surface area contributed by atoms with E-state index >= 15 is 0 Å². The fourth-order valence-corrected chi connectivity index (χ4v) is 5.01. The van der Waals surface area contributed by atoms with Crippen LogP contribution in [0.25, 0.3) is 0 Å². The molecule has 0 bridgehead atoms. The van der Waals surface area contributed by atoms with Crippen LogP contribution in [0.2, 0.25) is 0 Å². The Bertz CT molecular complexity index is 880. The normalized spacial score (nSPS) is 24.2. The summed E-state index contributed by atoms with van der Waals surface area (Å²) < 4.78 is 4.77. The Balaban J connectivity index is 1.02. The first kappa shape index (κ1) is 20.7. The number of likely N-dealkylation sites (tertiary alicyclic amines) is 1. The van der Waals surface area contributed by atoms with Crippen LogP contribution in [-0.4, -0.2) is 43.7 Å². The number of nitrogens with zero attached hydrogens (tertiary/aromatic N) is 1. The topological polar surface area (TPSA) is 41.6 Å². The van der Waals surface area contributed by atoms with Crippen molar-refractivity contribution in [1.29, 1.82) is 0 Å². The summed E-state index contributed by atoms with van der Waals surface area (Å²) in [5.74, 6) is 2.10. The van der Waals surface area contributed by atoms with Gasteiger partial charge in [-0.25, -0.2) is 4.79 Å². The number of carbonyl (C=O) groups is 1. The fourth-order valence-electron chi connectivity index (χ4n) is 5.01. The van der Waals surface area contributed by atoms with Gasteiger partial charge in [0.1, 0.15) is 0 Å². The first-order valence-electron chi connectivity index (χ1n) is 11.9. The highest BCUT2D eigenvalue weighted by atomic mass is 16.5. The Morgan fingerprint density at radius 2 is 1.65 bits per heavy atom. The number of methoxy groups -OCH3 is 1. The van der Waals surface area contributed by atoms with Crippen LogP contribution in [-0.2, 0) is 11.3 Å². The summed E-state index contributed by atoms with van der Waals surface area (Å²) in [6, 6.07) is 18.0. The van der Waals surface area contributed by atoms with Crippen molar-refractivity contribution in [3.8, 4) is 0 Å². The Morgan fingerprint density at radius 1 is 0.968 bits per heavy atom. The van der Waals surface area contributed by atoms with Gasteiger partial charge in [0.05, 0.1) is 12.7 Å². The Morgan fingerprint density at radius 3 is 2.29 bits per heavy atom. The Labute approximate surface area is 186 Å². The molecule has 1 aliphatic heterocycles. The van der Waals surface area contributed by atoms with Crippen LogP contribution in [0.15, 0.2) is 48.5 Å². The molecule has 0 aromatic heterocycles. The largest absolute Gasteiger partial charge is 0.465 e. The van der Waals surface area contributed by atoms with Crippen molar-refractivity contribution in [3.05, 3.63) is 70.8 Å². The van der Waals surface area contributed by atoms with Gasteiger partial charge >= 0.3 is 5.97 Å². The number of carbonyl (C=O) groups excluding carboxylic acids is 1. The molecular weight excluding hydrogens is 384 g/mol. The van der Waals surface area contributed by atoms with E-state index in [-0.39, 0.29) is 5.97 Å². The molecule has 1 heterocycles. The second-order valence-corrected chi connectivity index (χ2v) is 9.71. The van der Waals surface area contributed by atoms with E-state index in [0.717, 1.165) is 43.9 Å². The van der Waals surface area contributed by atoms with Gasteiger partial charge in [0.25, 0.3) is 0 Å².